The second kappa shape index (κ2) is 7.59. The molecule has 0 radical (unpaired) electrons. The molecular formula is C28H39ClO2. The number of hydrogen-bond donors (Lipinski definition) is 1. The summed E-state index contributed by atoms with van der Waals surface area (Å²) in [6.45, 7) is 7.04. The van der Waals surface area contributed by atoms with Gasteiger partial charge in [-0.3, -0.25) is 4.79 Å². The maximum Gasteiger partial charge on any atom is 0.166 e. The third-order valence-electron chi connectivity index (χ3n) is 10.7. The molecule has 0 amide bonds. The average Bonchev–Trinajstić information content (AvgIpc) is 2.90. The molecule has 2 nitrogen and oxygen atoms in total. The lowest BCUT2D eigenvalue weighted by molar-refractivity contribution is -0.0751. The molecule has 5 rings (SSSR count). The van der Waals surface area contributed by atoms with Crippen LogP contribution in [0.2, 0.25) is 5.02 Å². The normalized spacial score (nSPS) is 47.1. The number of halogens is 1. The van der Waals surface area contributed by atoms with E-state index in [1.54, 1.807) is 0 Å². The van der Waals surface area contributed by atoms with E-state index in [-0.39, 0.29) is 11.3 Å². The van der Waals surface area contributed by atoms with Crippen LogP contribution in [0.15, 0.2) is 24.3 Å². The summed E-state index contributed by atoms with van der Waals surface area (Å²) in [5.41, 5.74) is 0.847. The minimum Gasteiger partial charge on any atom is -0.390 e. The van der Waals surface area contributed by atoms with Gasteiger partial charge in [-0.05, 0) is 130 Å². The number of rotatable bonds is 2. The number of fused-ring (bicyclic) bond motifs is 6. The molecule has 1 aromatic rings. The number of carbonyl (C=O) groups excluding carboxylic acids is 1. The maximum absolute atomic E-state index is 13.6. The Morgan fingerprint density at radius 2 is 1.65 bits per heavy atom. The van der Waals surface area contributed by atoms with Crippen molar-refractivity contribution < 1.29 is 9.90 Å². The molecule has 0 aliphatic heterocycles. The highest BCUT2D eigenvalue weighted by molar-refractivity contribution is 6.30. The van der Waals surface area contributed by atoms with Crippen molar-refractivity contribution in [3.8, 4) is 0 Å². The summed E-state index contributed by atoms with van der Waals surface area (Å²) in [5.74, 6) is 3.30. The number of carbonyl (C=O) groups is 1. The minimum absolute atomic E-state index is 0.124. The monoisotopic (exact) mass is 442 g/mol. The summed E-state index contributed by atoms with van der Waals surface area (Å²) in [6, 6.07) is 7.54. The van der Waals surface area contributed by atoms with Gasteiger partial charge < -0.3 is 5.11 Å². The average molecular weight is 443 g/mol. The molecule has 1 N–H and O–H groups in total. The van der Waals surface area contributed by atoms with Gasteiger partial charge in [-0.25, -0.2) is 0 Å². The van der Waals surface area contributed by atoms with Crippen LogP contribution in [0.1, 0.15) is 95.3 Å². The van der Waals surface area contributed by atoms with Crippen LogP contribution in [0.4, 0.5) is 0 Å². The molecule has 31 heavy (non-hydrogen) atoms. The van der Waals surface area contributed by atoms with Gasteiger partial charge >= 0.3 is 0 Å². The molecular weight excluding hydrogens is 404 g/mol. The van der Waals surface area contributed by atoms with Crippen molar-refractivity contribution >= 4 is 17.4 Å². The van der Waals surface area contributed by atoms with Gasteiger partial charge in [0.05, 0.1) is 5.60 Å². The fourth-order valence-corrected chi connectivity index (χ4v) is 8.81. The second-order valence-corrected chi connectivity index (χ2v) is 12.8. The second-order valence-electron chi connectivity index (χ2n) is 12.3. The molecule has 3 heteroatoms. The first-order chi connectivity index (χ1) is 14.6. The van der Waals surface area contributed by atoms with E-state index < -0.39 is 5.60 Å². The predicted molar refractivity (Wildman–Crippen MR) is 126 cm³/mol. The summed E-state index contributed by atoms with van der Waals surface area (Å²) < 4.78 is 0. The van der Waals surface area contributed by atoms with E-state index in [0.29, 0.717) is 28.1 Å². The summed E-state index contributed by atoms with van der Waals surface area (Å²) in [4.78, 5) is 13.6. The zero-order valence-corrected chi connectivity index (χ0v) is 20.3. The molecule has 2 bridgehead atoms. The van der Waals surface area contributed by atoms with Gasteiger partial charge in [-0.1, -0.05) is 25.4 Å². The van der Waals surface area contributed by atoms with E-state index in [1.807, 2.05) is 24.3 Å². The molecule has 170 valence electrons. The Morgan fingerprint density at radius 1 is 0.903 bits per heavy atom. The van der Waals surface area contributed by atoms with E-state index in [4.69, 9.17) is 11.6 Å². The Hall–Kier alpha value is -0.860. The zero-order chi connectivity index (χ0) is 22.0. The number of hydrogen-bond acceptors (Lipinski definition) is 2. The van der Waals surface area contributed by atoms with Gasteiger partial charge in [0.1, 0.15) is 0 Å². The lowest BCUT2D eigenvalue weighted by Crippen LogP contribution is -2.45. The Labute approximate surface area is 193 Å². The smallest absolute Gasteiger partial charge is 0.166 e. The highest BCUT2D eigenvalue weighted by atomic mass is 35.5. The maximum atomic E-state index is 13.6. The molecule has 0 heterocycles. The van der Waals surface area contributed by atoms with Crippen LogP contribution in [-0.2, 0) is 0 Å². The van der Waals surface area contributed by atoms with Gasteiger partial charge in [0.15, 0.2) is 5.78 Å². The summed E-state index contributed by atoms with van der Waals surface area (Å²) in [7, 11) is 0. The van der Waals surface area contributed by atoms with Crippen molar-refractivity contribution in [2.45, 2.75) is 90.6 Å². The summed E-state index contributed by atoms with van der Waals surface area (Å²) in [5, 5.41) is 11.5. The third-order valence-corrected chi connectivity index (χ3v) is 10.9. The topological polar surface area (TPSA) is 37.3 Å². The zero-order valence-electron chi connectivity index (χ0n) is 19.5. The SMILES string of the molecule is C[C@@]1(O)CC[C@]2(C)[C@H]3CC[C@]4(C)[C@@H](C(=O)c5ccc(Cl)cc5)CC[C@H]4[C@H](CC[C@H]2C1)C3. The van der Waals surface area contributed by atoms with Gasteiger partial charge in [0, 0.05) is 16.5 Å². The van der Waals surface area contributed by atoms with Gasteiger partial charge in [-0.2, -0.15) is 0 Å². The van der Waals surface area contributed by atoms with Crippen LogP contribution in [0.25, 0.3) is 0 Å². The largest absolute Gasteiger partial charge is 0.390 e. The van der Waals surface area contributed by atoms with Crippen molar-refractivity contribution in [2.75, 3.05) is 0 Å². The van der Waals surface area contributed by atoms with Crippen LogP contribution in [0, 0.1) is 40.4 Å². The minimum atomic E-state index is -0.476. The Kier molecular flexibility index (Phi) is 5.38. The Morgan fingerprint density at radius 3 is 2.39 bits per heavy atom. The highest BCUT2D eigenvalue weighted by Crippen LogP contribution is 2.64. The third kappa shape index (κ3) is 3.61. The van der Waals surface area contributed by atoms with E-state index >= 15 is 0 Å². The first kappa shape index (κ1) is 22.0. The standard InChI is InChI=1S/C28H39ClO2/c1-26(31)14-15-27(2)20-12-13-28(3)23(19(16-20)4-7-21(27)17-26)10-11-24(28)25(30)18-5-8-22(29)9-6-18/h5-6,8-9,19-21,23-24,31H,4,7,10-17H2,1-3H3/t19-,20+,21+,23+,24-,26-,27-,28+/m1/s1. The van der Waals surface area contributed by atoms with Gasteiger partial charge in [-0.15, -0.1) is 0 Å². The summed E-state index contributed by atoms with van der Waals surface area (Å²) in [6.07, 6.45) is 11.7. The van der Waals surface area contributed by atoms with Crippen molar-refractivity contribution in [1.29, 1.82) is 0 Å². The lowest BCUT2D eigenvalue weighted by atomic mass is 9.56. The fourth-order valence-electron chi connectivity index (χ4n) is 8.69. The van der Waals surface area contributed by atoms with E-state index in [1.165, 1.54) is 38.5 Å². The van der Waals surface area contributed by atoms with Gasteiger partial charge in [0.25, 0.3) is 0 Å². The first-order valence-electron chi connectivity index (χ1n) is 12.6. The number of Topliss-reactive ketones (excluding diaryl/α,β-unsaturated/α-hetero) is 1. The molecule has 4 saturated carbocycles. The molecule has 0 spiro atoms. The number of benzene rings is 1. The molecule has 4 fully saturated rings. The quantitative estimate of drug-likeness (QED) is 0.487. The van der Waals surface area contributed by atoms with Crippen LogP contribution in [0.3, 0.4) is 0 Å². The van der Waals surface area contributed by atoms with Crippen LogP contribution in [0.5, 0.6) is 0 Å². The number of ketones is 1. The summed E-state index contributed by atoms with van der Waals surface area (Å²) >= 11 is 6.07. The Balaban J connectivity index is 1.42. The van der Waals surface area contributed by atoms with E-state index in [0.717, 1.165) is 43.1 Å². The van der Waals surface area contributed by atoms with E-state index in [2.05, 4.69) is 20.8 Å². The van der Waals surface area contributed by atoms with Crippen molar-refractivity contribution in [3.05, 3.63) is 34.9 Å². The molecule has 8 atom stereocenters. The van der Waals surface area contributed by atoms with Crippen LogP contribution in [-0.4, -0.2) is 16.5 Å². The van der Waals surface area contributed by atoms with Crippen molar-refractivity contribution in [1.82, 2.24) is 0 Å². The fraction of sp³-hybridized carbons (Fsp3) is 0.750. The van der Waals surface area contributed by atoms with Crippen molar-refractivity contribution in [2.24, 2.45) is 40.4 Å². The molecule has 4 aliphatic rings. The Bertz CT molecular complexity index is 845. The molecule has 0 saturated heterocycles. The highest BCUT2D eigenvalue weighted by Gasteiger charge is 2.58. The molecule has 4 aliphatic carbocycles. The number of aliphatic hydroxyl groups is 1. The van der Waals surface area contributed by atoms with E-state index in [9.17, 15) is 9.90 Å². The van der Waals surface area contributed by atoms with Crippen LogP contribution < -0.4 is 0 Å². The molecule has 0 unspecified atom stereocenters. The lowest BCUT2D eigenvalue weighted by Gasteiger charge is -2.50. The first-order valence-corrected chi connectivity index (χ1v) is 13.0. The van der Waals surface area contributed by atoms with Crippen molar-refractivity contribution in [3.63, 3.8) is 0 Å². The molecule has 1 aromatic carbocycles. The predicted octanol–water partition coefficient (Wildman–Crippen LogP) is 7.32. The van der Waals surface area contributed by atoms with Crippen LogP contribution >= 0.6 is 11.6 Å². The molecule has 0 aromatic heterocycles. The van der Waals surface area contributed by atoms with Gasteiger partial charge in [0.2, 0.25) is 0 Å².